The number of carboxylic acid groups (broad SMARTS) is 1. The van der Waals surface area contributed by atoms with E-state index in [-0.39, 0.29) is 17.3 Å². The predicted octanol–water partition coefficient (Wildman–Crippen LogP) is 2.48. The number of carbonyl (C=O) groups excluding carboxylic acids is 1. The van der Waals surface area contributed by atoms with Gasteiger partial charge in [0.15, 0.2) is 35.6 Å². The Morgan fingerprint density at radius 2 is 1.85 bits per heavy atom. The molecule has 4 unspecified atom stereocenters. The lowest BCUT2D eigenvalue weighted by Gasteiger charge is -2.22. The normalized spacial score (nSPS) is 23.9. The van der Waals surface area contributed by atoms with Crippen molar-refractivity contribution in [3.63, 3.8) is 0 Å². The molecule has 2 aliphatic heterocycles. The molecule has 4 aromatic rings. The summed E-state index contributed by atoms with van der Waals surface area (Å²) in [5.74, 6) is -1.09. The first kappa shape index (κ1) is 24.7. The van der Waals surface area contributed by atoms with Crippen molar-refractivity contribution in [3.05, 3.63) is 72.4 Å². The Labute approximate surface area is 220 Å². The van der Waals surface area contributed by atoms with Gasteiger partial charge >= 0.3 is 12.0 Å². The molecule has 2 saturated heterocycles. The van der Waals surface area contributed by atoms with Crippen molar-refractivity contribution >= 4 is 29.0 Å². The number of imidazole rings is 1. The minimum atomic E-state index is -1.20. The minimum absolute atomic E-state index is 0.118. The van der Waals surface area contributed by atoms with Crippen molar-refractivity contribution in [2.24, 2.45) is 0 Å². The van der Waals surface area contributed by atoms with Gasteiger partial charge in [-0.25, -0.2) is 29.5 Å². The molecule has 0 spiro atoms. The zero-order chi connectivity index (χ0) is 26.9. The summed E-state index contributed by atoms with van der Waals surface area (Å²) in [4.78, 5) is 40.8. The zero-order valence-electron chi connectivity index (χ0n) is 20.5. The third-order valence-electron chi connectivity index (χ3n) is 6.21. The van der Waals surface area contributed by atoms with Crippen LogP contribution in [0.5, 0.6) is 5.88 Å². The highest BCUT2D eigenvalue weighted by atomic mass is 16.8. The van der Waals surface area contributed by atoms with Crippen molar-refractivity contribution in [2.45, 2.75) is 37.9 Å². The van der Waals surface area contributed by atoms with Crippen molar-refractivity contribution < 1.29 is 33.6 Å². The summed E-state index contributed by atoms with van der Waals surface area (Å²) in [5, 5.41) is 14.9. The van der Waals surface area contributed by atoms with Gasteiger partial charge in [0, 0.05) is 18.3 Å². The molecule has 6 rings (SSSR count). The number of hydrogen-bond donors (Lipinski definition) is 3. The molecule has 2 fully saturated rings. The van der Waals surface area contributed by atoms with Gasteiger partial charge in [-0.05, 0) is 19.1 Å². The van der Waals surface area contributed by atoms with Gasteiger partial charge < -0.3 is 29.4 Å². The van der Waals surface area contributed by atoms with E-state index in [1.807, 2.05) is 30.3 Å². The third kappa shape index (κ3) is 4.60. The lowest BCUT2D eigenvalue weighted by molar-refractivity contribution is -0.191. The molecular weight excluding hydrogens is 510 g/mol. The maximum Gasteiger partial charge on any atom is 0.341 e. The summed E-state index contributed by atoms with van der Waals surface area (Å²) < 4.78 is 26.3. The Morgan fingerprint density at radius 1 is 1.03 bits per heavy atom. The van der Waals surface area contributed by atoms with Crippen LogP contribution in [-0.2, 0) is 14.2 Å². The quantitative estimate of drug-likeness (QED) is 0.319. The van der Waals surface area contributed by atoms with Gasteiger partial charge in [0.05, 0.1) is 6.33 Å². The van der Waals surface area contributed by atoms with Gasteiger partial charge in [-0.3, -0.25) is 9.88 Å². The highest BCUT2D eigenvalue weighted by Gasteiger charge is 2.55. The van der Waals surface area contributed by atoms with E-state index in [4.69, 9.17) is 18.9 Å². The smallest absolute Gasteiger partial charge is 0.341 e. The van der Waals surface area contributed by atoms with Crippen LogP contribution in [0, 0.1) is 0 Å². The number of hydrogen-bond acceptors (Lipinski definition) is 10. The number of fused-ring (bicyclic) bond motifs is 2. The molecule has 0 bridgehead atoms. The minimum Gasteiger partial charge on any atom is -0.477 e. The molecule has 2 amide bonds. The van der Waals surface area contributed by atoms with E-state index in [1.165, 1.54) is 31.0 Å². The summed E-state index contributed by atoms with van der Waals surface area (Å²) >= 11 is 0. The number of aromatic carboxylic acids is 1. The summed E-state index contributed by atoms with van der Waals surface area (Å²) in [6.45, 7) is 2.24. The largest absolute Gasteiger partial charge is 0.477 e. The molecule has 14 heteroatoms. The number of carbonyl (C=O) groups is 2. The lowest BCUT2D eigenvalue weighted by atomic mass is 10.2. The van der Waals surface area contributed by atoms with E-state index in [0.29, 0.717) is 17.7 Å². The van der Waals surface area contributed by atoms with E-state index in [9.17, 15) is 14.7 Å². The maximum atomic E-state index is 12.1. The number of benzene rings is 1. The number of nitrogens with zero attached hydrogens (tertiary/aromatic N) is 5. The second-order valence-electron chi connectivity index (χ2n) is 8.65. The monoisotopic (exact) mass is 533 g/mol. The number of amides is 2. The van der Waals surface area contributed by atoms with Crippen molar-refractivity contribution in [3.8, 4) is 5.88 Å². The van der Waals surface area contributed by atoms with Gasteiger partial charge in [-0.15, -0.1) is 0 Å². The first-order valence-electron chi connectivity index (χ1n) is 12.1. The predicted molar refractivity (Wildman–Crippen MR) is 133 cm³/mol. The molecule has 3 N–H and O–H groups in total. The highest BCUT2D eigenvalue weighted by molar-refractivity contribution is 5.95. The van der Waals surface area contributed by atoms with E-state index in [0.717, 1.165) is 5.56 Å². The van der Waals surface area contributed by atoms with Gasteiger partial charge in [0.2, 0.25) is 12.2 Å². The molecule has 2 aliphatic rings. The van der Waals surface area contributed by atoms with Crippen LogP contribution in [-0.4, -0.2) is 66.7 Å². The molecule has 5 atom stereocenters. The average Bonchev–Trinajstić information content (AvgIpc) is 3.65. The molecule has 39 heavy (non-hydrogen) atoms. The fourth-order valence-electron chi connectivity index (χ4n) is 4.50. The summed E-state index contributed by atoms with van der Waals surface area (Å²) in [7, 11) is 0. The number of anilines is 1. The van der Waals surface area contributed by atoms with Gasteiger partial charge in [0.1, 0.15) is 18.0 Å². The molecular formula is C25H23N7O7. The number of aromatic nitrogens is 5. The molecule has 0 radical (unpaired) electrons. The number of ether oxygens (including phenoxy) is 4. The van der Waals surface area contributed by atoms with E-state index >= 15 is 0 Å². The second kappa shape index (κ2) is 10.2. The molecule has 0 aliphatic carbocycles. The van der Waals surface area contributed by atoms with E-state index < -0.39 is 43.0 Å². The third-order valence-corrected chi connectivity index (χ3v) is 6.21. The van der Waals surface area contributed by atoms with Crippen LogP contribution >= 0.6 is 0 Å². The number of carboxylic acids is 1. The topological polar surface area (TPSA) is 172 Å². The number of pyridine rings is 1. The highest BCUT2D eigenvalue weighted by Crippen LogP contribution is 2.45. The number of rotatable bonds is 7. The Bertz CT molecular complexity index is 1520. The standard InChI is InChI=1S/C25H23N7O7/c1-2-26-25(35)31-18-15-19(29-11-28-18)32(12-30-15)21-16-17(37-23(36-16)13-7-4-3-5-8-13)24(39-21)38-20-14(22(33)34)9-6-10-27-20/h3-12,16-17,21,23-24H,2H2,1H3,(H,33,34)(H2,26,28,29,31,35)/t16?,17?,21?,23-,24?/m0/s1. The van der Waals surface area contributed by atoms with Crippen LogP contribution in [0.4, 0.5) is 10.6 Å². The number of urea groups is 1. The molecule has 1 aromatic carbocycles. The Hall–Kier alpha value is -4.66. The zero-order valence-corrected chi connectivity index (χ0v) is 20.5. The van der Waals surface area contributed by atoms with Crippen LogP contribution in [0.3, 0.4) is 0 Å². The summed E-state index contributed by atoms with van der Waals surface area (Å²) in [6, 6.07) is 11.8. The number of nitrogens with one attached hydrogen (secondary N) is 2. The SMILES string of the molecule is CCNC(=O)Nc1ncnc2c1ncn2C1OC(Oc2ncccc2C(=O)O)C2O[C@@H](c3ccccc3)OC21. The van der Waals surface area contributed by atoms with Crippen LogP contribution in [0.25, 0.3) is 11.2 Å². The Balaban J connectivity index is 1.35. The van der Waals surface area contributed by atoms with Crippen LogP contribution in [0.15, 0.2) is 61.3 Å². The van der Waals surface area contributed by atoms with E-state index in [2.05, 4.69) is 30.6 Å². The van der Waals surface area contributed by atoms with Crippen LogP contribution in [0.2, 0.25) is 0 Å². The van der Waals surface area contributed by atoms with Crippen molar-refractivity contribution in [1.82, 2.24) is 29.8 Å². The van der Waals surface area contributed by atoms with Crippen LogP contribution < -0.4 is 15.4 Å². The lowest BCUT2D eigenvalue weighted by Crippen LogP contribution is -2.33. The Morgan fingerprint density at radius 3 is 2.64 bits per heavy atom. The average molecular weight is 534 g/mol. The maximum absolute atomic E-state index is 12.1. The second-order valence-corrected chi connectivity index (χ2v) is 8.65. The van der Waals surface area contributed by atoms with E-state index in [1.54, 1.807) is 11.5 Å². The van der Waals surface area contributed by atoms with Gasteiger partial charge in [0.25, 0.3) is 0 Å². The molecule has 5 heterocycles. The van der Waals surface area contributed by atoms with Gasteiger partial charge in [-0.2, -0.15) is 0 Å². The molecule has 0 saturated carbocycles. The first-order valence-corrected chi connectivity index (χ1v) is 12.1. The summed E-state index contributed by atoms with van der Waals surface area (Å²) in [6.07, 6.45) is 0.148. The molecule has 3 aromatic heterocycles. The fourth-order valence-corrected chi connectivity index (χ4v) is 4.50. The Kier molecular flexibility index (Phi) is 6.48. The molecule has 200 valence electrons. The van der Waals surface area contributed by atoms with Crippen molar-refractivity contribution in [1.29, 1.82) is 0 Å². The van der Waals surface area contributed by atoms with Gasteiger partial charge in [-0.1, -0.05) is 30.3 Å². The van der Waals surface area contributed by atoms with Crippen LogP contribution in [0.1, 0.15) is 35.4 Å². The summed E-state index contributed by atoms with van der Waals surface area (Å²) in [5.41, 5.74) is 1.38. The van der Waals surface area contributed by atoms with Crippen molar-refractivity contribution in [2.75, 3.05) is 11.9 Å². The first-order chi connectivity index (χ1) is 19.0. The fraction of sp³-hybridized carbons (Fsp3) is 0.280. The molecule has 14 nitrogen and oxygen atoms in total.